The number of nitrogens with one attached hydrogen (secondary N) is 2. The highest BCUT2D eigenvalue weighted by atomic mass is 16.6. The van der Waals surface area contributed by atoms with Crippen LogP contribution in [-0.4, -0.2) is 32.9 Å². The fourth-order valence-electron chi connectivity index (χ4n) is 2.48. The number of non-ortho nitro benzene ring substituents is 1. The van der Waals surface area contributed by atoms with Gasteiger partial charge in [-0.25, -0.2) is 0 Å². The van der Waals surface area contributed by atoms with Crippen molar-refractivity contribution >= 4 is 34.1 Å². The Labute approximate surface area is 158 Å². The molecule has 0 spiro atoms. The van der Waals surface area contributed by atoms with Gasteiger partial charge >= 0.3 is 0 Å². The average Bonchev–Trinajstić information content (AvgIpc) is 3.00. The van der Waals surface area contributed by atoms with Gasteiger partial charge in [-0.15, -0.1) is 10.2 Å². The van der Waals surface area contributed by atoms with E-state index in [9.17, 15) is 24.8 Å². The van der Waals surface area contributed by atoms with Gasteiger partial charge in [0.25, 0.3) is 17.5 Å². The molecule has 0 saturated heterocycles. The van der Waals surface area contributed by atoms with Crippen LogP contribution in [0.5, 0.6) is 5.88 Å². The van der Waals surface area contributed by atoms with Crippen LogP contribution in [0.2, 0.25) is 0 Å². The second kappa shape index (κ2) is 7.66. The molecule has 10 nitrogen and oxygen atoms in total. The van der Waals surface area contributed by atoms with E-state index in [1.54, 1.807) is 30.3 Å². The van der Waals surface area contributed by atoms with Gasteiger partial charge in [-0.05, 0) is 25.1 Å². The van der Waals surface area contributed by atoms with Gasteiger partial charge in [0.2, 0.25) is 5.88 Å². The van der Waals surface area contributed by atoms with Gasteiger partial charge in [0.1, 0.15) is 6.04 Å². The predicted octanol–water partition coefficient (Wildman–Crippen LogP) is 3.21. The Bertz CT molecular complexity index is 1090. The molecule has 1 heterocycles. The van der Waals surface area contributed by atoms with E-state index >= 15 is 0 Å². The lowest BCUT2D eigenvalue weighted by Gasteiger charge is -2.09. The lowest BCUT2D eigenvalue weighted by Crippen LogP contribution is -2.37. The SMILES string of the molecule is CC(NC(=O)c1ccccc1)C(=O)N=Nc1c(O)[nH]c2ccc([N+](=O)[O-])cc12. The molecule has 2 aromatic carbocycles. The molecule has 0 aliphatic carbocycles. The molecule has 28 heavy (non-hydrogen) atoms. The van der Waals surface area contributed by atoms with Gasteiger partial charge in [-0.3, -0.25) is 19.7 Å². The first-order valence-corrected chi connectivity index (χ1v) is 8.17. The molecule has 142 valence electrons. The van der Waals surface area contributed by atoms with E-state index in [2.05, 4.69) is 20.5 Å². The van der Waals surface area contributed by atoms with Crippen LogP contribution in [0.3, 0.4) is 0 Å². The Morgan fingerprint density at radius 1 is 1.21 bits per heavy atom. The van der Waals surface area contributed by atoms with Crippen molar-refractivity contribution in [3.63, 3.8) is 0 Å². The number of aromatic hydroxyl groups is 1. The summed E-state index contributed by atoms with van der Waals surface area (Å²) in [5, 5.41) is 30.8. The standard InChI is InChI=1S/C18H15N5O5/c1-10(19-17(25)11-5-3-2-4-6-11)16(24)22-21-15-13-9-12(23(27)28)7-8-14(13)20-18(15)26/h2-10,20,26H,1H3,(H,19,25). The van der Waals surface area contributed by atoms with Crippen molar-refractivity contribution in [2.45, 2.75) is 13.0 Å². The van der Waals surface area contributed by atoms with Crippen LogP contribution >= 0.6 is 0 Å². The highest BCUT2D eigenvalue weighted by Gasteiger charge is 2.18. The van der Waals surface area contributed by atoms with Crippen molar-refractivity contribution in [3.05, 3.63) is 64.2 Å². The number of azo groups is 1. The van der Waals surface area contributed by atoms with Gasteiger partial charge in [0.05, 0.1) is 10.4 Å². The molecule has 0 aliphatic heterocycles. The molecule has 1 unspecified atom stereocenters. The third-order valence-corrected chi connectivity index (χ3v) is 3.95. The largest absolute Gasteiger partial charge is 0.493 e. The first-order valence-electron chi connectivity index (χ1n) is 8.17. The van der Waals surface area contributed by atoms with Crippen LogP contribution < -0.4 is 5.32 Å². The second-order valence-corrected chi connectivity index (χ2v) is 5.91. The average molecular weight is 381 g/mol. The van der Waals surface area contributed by atoms with Crippen LogP contribution in [0.4, 0.5) is 11.4 Å². The maximum absolute atomic E-state index is 12.2. The summed E-state index contributed by atoms with van der Waals surface area (Å²) in [5.74, 6) is -1.57. The fraction of sp³-hybridized carbons (Fsp3) is 0.111. The number of carbonyl (C=O) groups excluding carboxylic acids is 2. The van der Waals surface area contributed by atoms with E-state index in [4.69, 9.17) is 0 Å². The quantitative estimate of drug-likeness (QED) is 0.352. The summed E-state index contributed by atoms with van der Waals surface area (Å²) in [5.41, 5.74) is 0.488. The number of hydrogen-bond donors (Lipinski definition) is 3. The molecule has 0 saturated carbocycles. The van der Waals surface area contributed by atoms with Gasteiger partial charge < -0.3 is 15.4 Å². The Hall–Kier alpha value is -4.08. The molecule has 0 fully saturated rings. The Morgan fingerprint density at radius 2 is 1.93 bits per heavy atom. The molecule has 0 aliphatic rings. The fourth-order valence-corrected chi connectivity index (χ4v) is 2.48. The number of H-pyrrole nitrogens is 1. The number of nitro benzene ring substituents is 1. The minimum absolute atomic E-state index is 0.103. The maximum Gasteiger partial charge on any atom is 0.286 e. The second-order valence-electron chi connectivity index (χ2n) is 5.91. The highest BCUT2D eigenvalue weighted by Crippen LogP contribution is 2.37. The number of benzene rings is 2. The number of rotatable bonds is 5. The molecule has 10 heteroatoms. The predicted molar refractivity (Wildman–Crippen MR) is 99.5 cm³/mol. The Morgan fingerprint density at radius 3 is 2.61 bits per heavy atom. The Kier molecular flexibility index (Phi) is 5.12. The monoisotopic (exact) mass is 381 g/mol. The van der Waals surface area contributed by atoms with Gasteiger partial charge in [0.15, 0.2) is 5.69 Å². The molecule has 1 atom stereocenters. The van der Waals surface area contributed by atoms with E-state index in [0.717, 1.165) is 0 Å². The summed E-state index contributed by atoms with van der Waals surface area (Å²) in [6.45, 7) is 1.45. The first-order chi connectivity index (χ1) is 13.4. The molecule has 0 radical (unpaired) electrons. The third kappa shape index (κ3) is 3.85. The number of carbonyl (C=O) groups is 2. The summed E-state index contributed by atoms with van der Waals surface area (Å²) >= 11 is 0. The highest BCUT2D eigenvalue weighted by molar-refractivity contribution is 5.98. The van der Waals surface area contributed by atoms with Gasteiger partial charge in [-0.2, -0.15) is 0 Å². The first kappa shape index (κ1) is 18.7. The van der Waals surface area contributed by atoms with E-state index in [1.165, 1.54) is 25.1 Å². The number of nitro groups is 1. The molecule has 3 rings (SSSR count). The van der Waals surface area contributed by atoms with Crippen LogP contribution in [0.25, 0.3) is 10.9 Å². The number of aromatic amines is 1. The number of hydrogen-bond acceptors (Lipinski definition) is 6. The normalized spacial score (nSPS) is 12.2. The van der Waals surface area contributed by atoms with Crippen LogP contribution in [0, 0.1) is 10.1 Å². The zero-order chi connectivity index (χ0) is 20.3. The Balaban J connectivity index is 1.78. The minimum atomic E-state index is -0.960. The molecule has 1 aromatic heterocycles. The number of fused-ring (bicyclic) bond motifs is 1. The van der Waals surface area contributed by atoms with Gasteiger partial charge in [0, 0.05) is 23.1 Å². The summed E-state index contributed by atoms with van der Waals surface area (Å²) in [7, 11) is 0. The zero-order valence-corrected chi connectivity index (χ0v) is 14.6. The molecule has 3 aromatic rings. The molecular formula is C18H15N5O5. The summed E-state index contributed by atoms with van der Waals surface area (Å²) in [6, 6.07) is 11.3. The van der Waals surface area contributed by atoms with Crippen LogP contribution in [0.15, 0.2) is 58.8 Å². The van der Waals surface area contributed by atoms with Crippen LogP contribution in [0.1, 0.15) is 17.3 Å². The molecule has 3 N–H and O–H groups in total. The number of aromatic nitrogens is 1. The van der Waals surface area contributed by atoms with E-state index in [-0.39, 0.29) is 22.6 Å². The van der Waals surface area contributed by atoms with E-state index in [0.29, 0.717) is 11.1 Å². The summed E-state index contributed by atoms with van der Waals surface area (Å²) in [6.07, 6.45) is 0. The number of nitrogens with zero attached hydrogens (tertiary/aromatic N) is 3. The lowest BCUT2D eigenvalue weighted by molar-refractivity contribution is -0.384. The molecule has 0 bridgehead atoms. The summed E-state index contributed by atoms with van der Waals surface area (Å²) in [4.78, 5) is 37.2. The summed E-state index contributed by atoms with van der Waals surface area (Å²) < 4.78 is 0. The van der Waals surface area contributed by atoms with Crippen molar-refractivity contribution in [2.24, 2.45) is 10.2 Å². The van der Waals surface area contributed by atoms with E-state index < -0.39 is 22.8 Å². The van der Waals surface area contributed by atoms with E-state index in [1.807, 2.05) is 0 Å². The number of amides is 2. The smallest absolute Gasteiger partial charge is 0.286 e. The van der Waals surface area contributed by atoms with Crippen molar-refractivity contribution in [2.75, 3.05) is 0 Å². The van der Waals surface area contributed by atoms with Crippen LogP contribution in [-0.2, 0) is 4.79 Å². The third-order valence-electron chi connectivity index (χ3n) is 3.95. The van der Waals surface area contributed by atoms with Crippen molar-refractivity contribution in [1.29, 1.82) is 0 Å². The topological polar surface area (TPSA) is 150 Å². The van der Waals surface area contributed by atoms with Crippen molar-refractivity contribution in [3.8, 4) is 5.88 Å². The van der Waals surface area contributed by atoms with Crippen molar-refractivity contribution in [1.82, 2.24) is 10.3 Å². The maximum atomic E-state index is 12.2. The van der Waals surface area contributed by atoms with Gasteiger partial charge in [-0.1, -0.05) is 18.2 Å². The molecule has 2 amide bonds. The zero-order valence-electron chi connectivity index (χ0n) is 14.6. The lowest BCUT2D eigenvalue weighted by atomic mass is 10.2. The van der Waals surface area contributed by atoms with Crippen molar-refractivity contribution < 1.29 is 19.6 Å². The minimum Gasteiger partial charge on any atom is -0.493 e. The molecular weight excluding hydrogens is 366 g/mol.